The SMILES string of the molecule is CCCc1cccc(NS(=O)(=O)c2cc(C)c(Cl)cc2Cl)n1. The summed E-state index contributed by atoms with van der Waals surface area (Å²) in [7, 11) is -3.82. The predicted molar refractivity (Wildman–Crippen MR) is 90.2 cm³/mol. The van der Waals surface area contributed by atoms with Crippen molar-refractivity contribution in [2.24, 2.45) is 0 Å². The number of pyridine rings is 1. The number of halogens is 2. The zero-order valence-electron chi connectivity index (χ0n) is 12.2. The molecule has 0 spiro atoms. The zero-order valence-corrected chi connectivity index (χ0v) is 14.6. The van der Waals surface area contributed by atoms with Crippen LogP contribution < -0.4 is 4.72 Å². The standard InChI is InChI=1S/C15H16Cl2N2O2S/c1-3-5-11-6-4-7-15(18-11)19-22(20,21)14-8-10(2)12(16)9-13(14)17/h4,6-9H,3,5H2,1-2H3,(H,18,19). The number of anilines is 1. The van der Waals surface area contributed by atoms with E-state index in [0.717, 1.165) is 18.5 Å². The van der Waals surface area contributed by atoms with Gasteiger partial charge in [-0.25, -0.2) is 13.4 Å². The maximum Gasteiger partial charge on any atom is 0.264 e. The first-order valence-electron chi connectivity index (χ1n) is 6.78. The number of sulfonamides is 1. The van der Waals surface area contributed by atoms with Gasteiger partial charge in [0.15, 0.2) is 0 Å². The zero-order chi connectivity index (χ0) is 16.3. The van der Waals surface area contributed by atoms with Crippen molar-refractivity contribution in [1.29, 1.82) is 0 Å². The lowest BCUT2D eigenvalue weighted by atomic mass is 10.2. The minimum absolute atomic E-state index is 0.0150. The highest BCUT2D eigenvalue weighted by Gasteiger charge is 2.20. The molecule has 4 nitrogen and oxygen atoms in total. The number of hydrogen-bond donors (Lipinski definition) is 1. The van der Waals surface area contributed by atoms with E-state index in [1.807, 2.05) is 13.0 Å². The van der Waals surface area contributed by atoms with Crippen LogP contribution in [0.3, 0.4) is 0 Å². The summed E-state index contributed by atoms with van der Waals surface area (Å²) < 4.78 is 27.4. The number of nitrogens with zero attached hydrogens (tertiary/aromatic N) is 1. The average molecular weight is 359 g/mol. The van der Waals surface area contributed by atoms with Crippen molar-refractivity contribution in [3.8, 4) is 0 Å². The molecular formula is C15H16Cl2N2O2S. The van der Waals surface area contributed by atoms with Crippen LogP contribution in [0.25, 0.3) is 0 Å². The number of hydrogen-bond acceptors (Lipinski definition) is 3. The van der Waals surface area contributed by atoms with Gasteiger partial charge in [0, 0.05) is 10.7 Å². The van der Waals surface area contributed by atoms with E-state index in [1.165, 1.54) is 12.1 Å². The lowest BCUT2D eigenvalue weighted by Gasteiger charge is -2.11. The van der Waals surface area contributed by atoms with Crippen LogP contribution in [0.4, 0.5) is 5.82 Å². The van der Waals surface area contributed by atoms with Crippen LogP contribution in [0, 0.1) is 6.92 Å². The topological polar surface area (TPSA) is 59.1 Å². The minimum atomic E-state index is -3.82. The van der Waals surface area contributed by atoms with Crippen molar-refractivity contribution in [2.45, 2.75) is 31.6 Å². The Balaban J connectivity index is 2.36. The first-order valence-corrected chi connectivity index (χ1v) is 9.02. The fourth-order valence-electron chi connectivity index (χ4n) is 1.96. The molecule has 0 saturated carbocycles. The maximum absolute atomic E-state index is 12.5. The van der Waals surface area contributed by atoms with Crippen molar-refractivity contribution in [3.63, 3.8) is 0 Å². The van der Waals surface area contributed by atoms with Crippen LogP contribution in [0.5, 0.6) is 0 Å². The molecule has 0 saturated heterocycles. The normalized spacial score (nSPS) is 11.5. The van der Waals surface area contributed by atoms with Crippen molar-refractivity contribution in [3.05, 3.63) is 51.6 Å². The number of benzene rings is 1. The van der Waals surface area contributed by atoms with Gasteiger partial charge in [0.05, 0.1) is 5.02 Å². The van der Waals surface area contributed by atoms with Gasteiger partial charge in [-0.05, 0) is 43.2 Å². The van der Waals surface area contributed by atoms with Gasteiger partial charge in [-0.3, -0.25) is 4.72 Å². The van der Waals surface area contributed by atoms with Crippen LogP contribution in [0.2, 0.25) is 10.0 Å². The van der Waals surface area contributed by atoms with Gasteiger partial charge in [-0.1, -0.05) is 42.6 Å². The molecule has 1 aromatic heterocycles. The molecule has 2 rings (SSSR count). The van der Waals surface area contributed by atoms with Crippen LogP contribution in [-0.2, 0) is 16.4 Å². The first kappa shape index (κ1) is 17.1. The summed E-state index contributed by atoms with van der Waals surface area (Å²) in [6.07, 6.45) is 1.72. The molecule has 0 radical (unpaired) electrons. The lowest BCUT2D eigenvalue weighted by Crippen LogP contribution is -2.15. The fourth-order valence-corrected chi connectivity index (χ4v) is 3.80. The molecule has 0 atom stereocenters. The molecule has 0 aliphatic heterocycles. The Morgan fingerprint density at radius 3 is 2.59 bits per heavy atom. The van der Waals surface area contributed by atoms with Crippen molar-refractivity contribution in [1.82, 2.24) is 4.98 Å². The van der Waals surface area contributed by atoms with Crippen molar-refractivity contribution < 1.29 is 8.42 Å². The lowest BCUT2D eigenvalue weighted by molar-refractivity contribution is 0.601. The molecule has 0 aliphatic rings. The van der Waals surface area contributed by atoms with Crippen LogP contribution in [0.15, 0.2) is 35.2 Å². The summed E-state index contributed by atoms with van der Waals surface area (Å²) >= 11 is 11.9. The van der Waals surface area contributed by atoms with E-state index in [9.17, 15) is 8.42 Å². The Bertz CT molecular complexity index is 792. The molecule has 0 aliphatic carbocycles. The van der Waals surface area contributed by atoms with Gasteiger partial charge in [0.2, 0.25) is 0 Å². The van der Waals surface area contributed by atoms with Crippen LogP contribution in [-0.4, -0.2) is 13.4 Å². The number of aromatic nitrogens is 1. The number of rotatable bonds is 5. The Morgan fingerprint density at radius 1 is 1.18 bits per heavy atom. The van der Waals surface area contributed by atoms with E-state index in [2.05, 4.69) is 9.71 Å². The molecule has 0 bridgehead atoms. The van der Waals surface area contributed by atoms with Crippen LogP contribution in [0.1, 0.15) is 24.6 Å². The van der Waals surface area contributed by atoms with E-state index >= 15 is 0 Å². The third kappa shape index (κ3) is 3.91. The highest BCUT2D eigenvalue weighted by Crippen LogP contribution is 2.29. The summed E-state index contributed by atoms with van der Waals surface area (Å²) in [4.78, 5) is 4.27. The molecule has 1 N–H and O–H groups in total. The van der Waals surface area contributed by atoms with Gasteiger partial charge in [-0.2, -0.15) is 0 Å². The van der Waals surface area contributed by atoms with Gasteiger partial charge in [0.25, 0.3) is 10.0 Å². The van der Waals surface area contributed by atoms with Crippen molar-refractivity contribution >= 4 is 39.0 Å². The second kappa shape index (κ2) is 6.86. The molecular weight excluding hydrogens is 343 g/mol. The summed E-state index contributed by atoms with van der Waals surface area (Å²) in [5, 5.41) is 0.500. The molecule has 2 aromatic rings. The number of aryl methyl sites for hydroxylation is 2. The summed E-state index contributed by atoms with van der Waals surface area (Å²) in [6.45, 7) is 3.76. The van der Waals surface area contributed by atoms with Gasteiger partial charge < -0.3 is 0 Å². The molecule has 0 amide bonds. The maximum atomic E-state index is 12.5. The van der Waals surface area contributed by atoms with E-state index in [-0.39, 0.29) is 15.7 Å². The Hall–Kier alpha value is -1.30. The Kier molecular flexibility index (Phi) is 5.32. The summed E-state index contributed by atoms with van der Waals surface area (Å²) in [5.41, 5.74) is 1.47. The summed E-state index contributed by atoms with van der Waals surface area (Å²) in [5.74, 6) is 0.273. The third-order valence-electron chi connectivity index (χ3n) is 3.05. The second-order valence-electron chi connectivity index (χ2n) is 4.90. The quantitative estimate of drug-likeness (QED) is 0.858. The van der Waals surface area contributed by atoms with E-state index < -0.39 is 10.0 Å². The van der Waals surface area contributed by atoms with Crippen LogP contribution >= 0.6 is 23.2 Å². The molecule has 7 heteroatoms. The molecule has 0 unspecified atom stereocenters. The minimum Gasteiger partial charge on any atom is -0.263 e. The van der Waals surface area contributed by atoms with Gasteiger partial charge in [0.1, 0.15) is 10.7 Å². The van der Waals surface area contributed by atoms with Crippen molar-refractivity contribution in [2.75, 3.05) is 4.72 Å². The molecule has 1 heterocycles. The molecule has 118 valence electrons. The number of nitrogens with one attached hydrogen (secondary N) is 1. The van der Waals surface area contributed by atoms with Gasteiger partial charge in [-0.15, -0.1) is 0 Å². The second-order valence-corrected chi connectivity index (χ2v) is 7.37. The first-order chi connectivity index (χ1) is 10.3. The van der Waals surface area contributed by atoms with E-state index in [0.29, 0.717) is 10.6 Å². The summed E-state index contributed by atoms with van der Waals surface area (Å²) in [6, 6.07) is 8.11. The average Bonchev–Trinajstić information content (AvgIpc) is 2.43. The largest absolute Gasteiger partial charge is 0.264 e. The third-order valence-corrected chi connectivity index (χ3v) is 5.28. The Labute approximate surface area is 140 Å². The molecule has 1 aromatic carbocycles. The molecule has 22 heavy (non-hydrogen) atoms. The van der Waals surface area contributed by atoms with E-state index in [1.54, 1.807) is 19.1 Å². The monoisotopic (exact) mass is 358 g/mol. The Morgan fingerprint density at radius 2 is 1.91 bits per heavy atom. The highest BCUT2D eigenvalue weighted by atomic mass is 35.5. The predicted octanol–water partition coefficient (Wildman–Crippen LogP) is 4.45. The fraction of sp³-hybridized carbons (Fsp3) is 0.267. The smallest absolute Gasteiger partial charge is 0.263 e. The van der Waals surface area contributed by atoms with E-state index in [4.69, 9.17) is 23.2 Å². The highest BCUT2D eigenvalue weighted by molar-refractivity contribution is 7.92. The van der Waals surface area contributed by atoms with Gasteiger partial charge >= 0.3 is 0 Å². The molecule has 0 fully saturated rings.